The third-order valence-electron chi connectivity index (χ3n) is 2.63. The van der Waals surface area contributed by atoms with Crippen molar-refractivity contribution in [1.82, 2.24) is 0 Å². The van der Waals surface area contributed by atoms with Crippen LogP contribution in [0.5, 0.6) is 5.75 Å². The first kappa shape index (κ1) is 16.9. The van der Waals surface area contributed by atoms with Crippen molar-refractivity contribution in [3.63, 3.8) is 0 Å². The third-order valence-corrected chi connectivity index (χ3v) is 5.98. The van der Waals surface area contributed by atoms with E-state index >= 15 is 0 Å². The molecule has 0 aliphatic heterocycles. The van der Waals surface area contributed by atoms with Gasteiger partial charge >= 0.3 is 0 Å². The van der Waals surface area contributed by atoms with Crippen LogP contribution in [0.15, 0.2) is 21.1 Å². The molecule has 0 saturated heterocycles. The number of halogens is 2. The average molecular weight is 415 g/mol. The molecule has 7 heteroatoms. The fraction of sp³-hybridized carbons (Fsp3) is 0.500. The van der Waals surface area contributed by atoms with Crippen LogP contribution >= 0.6 is 31.9 Å². The van der Waals surface area contributed by atoms with Gasteiger partial charge in [-0.2, -0.15) is 0 Å². The van der Waals surface area contributed by atoms with E-state index in [2.05, 4.69) is 31.9 Å². The molecule has 108 valence electrons. The van der Waals surface area contributed by atoms with Crippen molar-refractivity contribution in [3.8, 4) is 5.75 Å². The largest absolute Gasteiger partial charge is 0.490 e. The Hall–Kier alpha value is -0.110. The van der Waals surface area contributed by atoms with E-state index < -0.39 is 9.84 Å². The predicted molar refractivity (Wildman–Crippen MR) is 84.2 cm³/mol. The summed E-state index contributed by atoms with van der Waals surface area (Å²) < 4.78 is 30.4. The summed E-state index contributed by atoms with van der Waals surface area (Å²) in [4.78, 5) is 0. The van der Waals surface area contributed by atoms with Crippen LogP contribution in [0.4, 0.5) is 0 Å². The molecule has 0 bridgehead atoms. The number of benzene rings is 1. The SMILES string of the molecule is CC(C)S(=O)(=O)CCOc1c(Br)cc(CN)cc1Br. The second-order valence-electron chi connectivity index (χ2n) is 4.36. The molecule has 0 aliphatic carbocycles. The van der Waals surface area contributed by atoms with Gasteiger partial charge < -0.3 is 10.5 Å². The quantitative estimate of drug-likeness (QED) is 0.776. The molecule has 0 amide bonds. The summed E-state index contributed by atoms with van der Waals surface area (Å²) in [5.74, 6) is 0.596. The van der Waals surface area contributed by atoms with Gasteiger partial charge in [-0.25, -0.2) is 8.42 Å². The molecule has 0 radical (unpaired) electrons. The maximum absolute atomic E-state index is 11.7. The van der Waals surface area contributed by atoms with Crippen LogP contribution < -0.4 is 10.5 Å². The Morgan fingerprint density at radius 2 is 1.79 bits per heavy atom. The Morgan fingerprint density at radius 1 is 1.26 bits per heavy atom. The smallest absolute Gasteiger partial charge is 0.155 e. The van der Waals surface area contributed by atoms with Crippen molar-refractivity contribution in [3.05, 3.63) is 26.6 Å². The van der Waals surface area contributed by atoms with Crippen LogP contribution in [0.3, 0.4) is 0 Å². The van der Waals surface area contributed by atoms with Crippen LogP contribution in [0.25, 0.3) is 0 Å². The summed E-state index contributed by atoms with van der Waals surface area (Å²) >= 11 is 6.78. The molecule has 1 rings (SSSR count). The molecule has 0 aliphatic rings. The van der Waals surface area contributed by atoms with E-state index in [-0.39, 0.29) is 17.6 Å². The lowest BCUT2D eigenvalue weighted by Crippen LogP contribution is -2.22. The first-order valence-electron chi connectivity index (χ1n) is 5.80. The summed E-state index contributed by atoms with van der Waals surface area (Å²) in [6.07, 6.45) is 0. The van der Waals surface area contributed by atoms with Crippen LogP contribution in [-0.4, -0.2) is 26.0 Å². The lowest BCUT2D eigenvalue weighted by molar-refractivity contribution is 0.336. The summed E-state index contributed by atoms with van der Waals surface area (Å²) in [6, 6.07) is 3.72. The summed E-state index contributed by atoms with van der Waals surface area (Å²) in [5, 5.41) is -0.386. The minimum atomic E-state index is -3.08. The lowest BCUT2D eigenvalue weighted by atomic mass is 10.2. The standard InChI is InChI=1S/C12H17Br2NO3S/c1-8(2)19(16,17)4-3-18-12-10(13)5-9(7-15)6-11(12)14/h5-6,8H,3-4,7,15H2,1-2H3. The highest BCUT2D eigenvalue weighted by Gasteiger charge is 2.17. The van der Waals surface area contributed by atoms with Gasteiger partial charge in [0.25, 0.3) is 0 Å². The minimum Gasteiger partial charge on any atom is -0.490 e. The highest BCUT2D eigenvalue weighted by atomic mass is 79.9. The number of ether oxygens (including phenoxy) is 1. The Labute approximate surface area is 130 Å². The van der Waals surface area contributed by atoms with Gasteiger partial charge in [-0.05, 0) is 63.4 Å². The topological polar surface area (TPSA) is 69.4 Å². The molecule has 0 heterocycles. The molecule has 0 atom stereocenters. The first-order chi connectivity index (χ1) is 8.77. The Bertz CT molecular complexity index is 521. The van der Waals surface area contributed by atoms with Gasteiger partial charge in [0.05, 0.1) is 19.9 Å². The van der Waals surface area contributed by atoms with Crippen molar-refractivity contribution in [2.45, 2.75) is 25.6 Å². The summed E-state index contributed by atoms with van der Waals surface area (Å²) in [6.45, 7) is 3.88. The van der Waals surface area contributed by atoms with Gasteiger partial charge in [0.15, 0.2) is 9.84 Å². The van der Waals surface area contributed by atoms with E-state index in [1.165, 1.54) is 0 Å². The Kier molecular flexibility index (Phi) is 6.29. The van der Waals surface area contributed by atoms with Gasteiger partial charge in [0.1, 0.15) is 12.4 Å². The van der Waals surface area contributed by atoms with Gasteiger partial charge in [0.2, 0.25) is 0 Å². The Morgan fingerprint density at radius 3 is 2.21 bits per heavy atom. The minimum absolute atomic E-state index is 0.00217. The molecule has 0 saturated carbocycles. The zero-order valence-electron chi connectivity index (χ0n) is 10.8. The van der Waals surface area contributed by atoms with Crippen molar-refractivity contribution in [2.75, 3.05) is 12.4 Å². The fourth-order valence-electron chi connectivity index (χ4n) is 1.36. The van der Waals surface area contributed by atoms with E-state index in [0.717, 1.165) is 14.5 Å². The van der Waals surface area contributed by atoms with E-state index in [9.17, 15) is 8.42 Å². The highest BCUT2D eigenvalue weighted by molar-refractivity contribution is 9.11. The van der Waals surface area contributed by atoms with Crippen molar-refractivity contribution in [1.29, 1.82) is 0 Å². The number of sulfone groups is 1. The molecule has 1 aromatic carbocycles. The number of rotatable bonds is 6. The molecule has 0 unspecified atom stereocenters. The number of hydrogen-bond acceptors (Lipinski definition) is 4. The molecule has 0 fully saturated rings. The summed E-state index contributed by atoms with van der Waals surface area (Å²) in [7, 11) is -3.08. The van der Waals surface area contributed by atoms with E-state index in [4.69, 9.17) is 10.5 Å². The van der Waals surface area contributed by atoms with Gasteiger partial charge in [-0.15, -0.1) is 0 Å². The van der Waals surface area contributed by atoms with E-state index in [1.54, 1.807) is 13.8 Å². The third kappa shape index (κ3) is 4.73. The first-order valence-corrected chi connectivity index (χ1v) is 9.10. The monoisotopic (exact) mass is 413 g/mol. The van der Waals surface area contributed by atoms with E-state index in [0.29, 0.717) is 12.3 Å². The van der Waals surface area contributed by atoms with Crippen molar-refractivity contribution < 1.29 is 13.2 Å². The lowest BCUT2D eigenvalue weighted by Gasteiger charge is -2.13. The molecule has 4 nitrogen and oxygen atoms in total. The van der Waals surface area contributed by atoms with E-state index in [1.807, 2.05) is 12.1 Å². The number of hydrogen-bond donors (Lipinski definition) is 1. The molecule has 2 N–H and O–H groups in total. The van der Waals surface area contributed by atoms with Crippen LogP contribution in [0.2, 0.25) is 0 Å². The van der Waals surface area contributed by atoms with Gasteiger partial charge in [-0.3, -0.25) is 0 Å². The predicted octanol–water partition coefficient (Wildman–Crippen LogP) is 2.87. The summed E-state index contributed by atoms with van der Waals surface area (Å²) in [5.41, 5.74) is 6.53. The Balaban J connectivity index is 2.74. The van der Waals surface area contributed by atoms with Crippen molar-refractivity contribution >= 4 is 41.7 Å². The maximum atomic E-state index is 11.7. The highest BCUT2D eigenvalue weighted by Crippen LogP contribution is 2.34. The van der Waals surface area contributed by atoms with Gasteiger partial charge in [0, 0.05) is 6.54 Å². The molecule has 0 spiro atoms. The van der Waals surface area contributed by atoms with Crippen molar-refractivity contribution in [2.24, 2.45) is 5.73 Å². The molecule has 0 aromatic heterocycles. The van der Waals surface area contributed by atoms with Crippen LogP contribution in [-0.2, 0) is 16.4 Å². The normalized spacial score (nSPS) is 11.9. The van der Waals surface area contributed by atoms with Gasteiger partial charge in [-0.1, -0.05) is 0 Å². The zero-order valence-corrected chi connectivity index (χ0v) is 14.8. The average Bonchev–Trinajstić information content (AvgIpc) is 2.32. The molecular formula is C12H17Br2NO3S. The van der Waals surface area contributed by atoms with Crippen LogP contribution in [0, 0.1) is 0 Å². The van der Waals surface area contributed by atoms with Crippen LogP contribution in [0.1, 0.15) is 19.4 Å². The molecule has 1 aromatic rings. The second kappa shape index (κ2) is 7.06. The second-order valence-corrected chi connectivity index (χ2v) is 8.74. The number of nitrogens with two attached hydrogens (primary N) is 1. The fourth-order valence-corrected chi connectivity index (χ4v) is 3.66. The maximum Gasteiger partial charge on any atom is 0.155 e. The molecular weight excluding hydrogens is 398 g/mol. The molecule has 19 heavy (non-hydrogen) atoms. The zero-order chi connectivity index (χ0) is 14.6.